The molecule has 0 aliphatic carbocycles. The molecule has 1 aromatic carbocycles. The molecule has 1 fully saturated rings. The number of thioether (sulfide) groups is 1. The lowest BCUT2D eigenvalue weighted by molar-refractivity contribution is -0.121. The predicted octanol–water partition coefficient (Wildman–Crippen LogP) is 1.96. The molecule has 1 aromatic rings. The maximum atomic E-state index is 11.7. The number of hydrogen-bond acceptors (Lipinski definition) is 4. The molecule has 104 valence electrons. The summed E-state index contributed by atoms with van der Waals surface area (Å²) >= 11 is 7.28. The van der Waals surface area contributed by atoms with E-state index >= 15 is 0 Å². The monoisotopic (exact) mass is 301 g/mol. The van der Waals surface area contributed by atoms with Crippen LogP contribution in [0.15, 0.2) is 29.2 Å². The highest BCUT2D eigenvalue weighted by molar-refractivity contribution is 8.00. The predicted molar refractivity (Wildman–Crippen MR) is 75.7 cm³/mol. The first-order chi connectivity index (χ1) is 9.24. The van der Waals surface area contributed by atoms with Gasteiger partial charge in [0.25, 0.3) is 0 Å². The van der Waals surface area contributed by atoms with Crippen LogP contribution in [0.25, 0.3) is 0 Å². The van der Waals surface area contributed by atoms with Crippen molar-refractivity contribution >= 4 is 29.3 Å². The molecule has 19 heavy (non-hydrogen) atoms. The summed E-state index contributed by atoms with van der Waals surface area (Å²) in [6.45, 7) is 2.28. The smallest absolute Gasteiger partial charge is 0.230 e. The average Bonchev–Trinajstić information content (AvgIpc) is 2.45. The van der Waals surface area contributed by atoms with Crippen LogP contribution in [0, 0.1) is 0 Å². The van der Waals surface area contributed by atoms with Gasteiger partial charge in [0.15, 0.2) is 0 Å². The van der Waals surface area contributed by atoms with E-state index in [0.29, 0.717) is 37.1 Å². The second-order valence-electron chi connectivity index (χ2n) is 4.11. The topological polar surface area (TPSA) is 47.6 Å². The van der Waals surface area contributed by atoms with Gasteiger partial charge in [0.1, 0.15) is 0 Å². The first kappa shape index (κ1) is 14.7. The Hall–Kier alpha value is -0.750. The van der Waals surface area contributed by atoms with Gasteiger partial charge >= 0.3 is 0 Å². The number of rotatable bonds is 5. The summed E-state index contributed by atoms with van der Waals surface area (Å²) in [6.07, 6.45) is -0.0294. The van der Waals surface area contributed by atoms with Gasteiger partial charge in [-0.3, -0.25) is 4.79 Å². The Labute approximate surface area is 121 Å². The Morgan fingerprint density at radius 2 is 2.16 bits per heavy atom. The molecular formula is C13H16ClNO3S. The molecule has 1 aliphatic heterocycles. The highest BCUT2D eigenvalue weighted by atomic mass is 35.5. The normalized spacial score (nSPS) is 19.1. The van der Waals surface area contributed by atoms with Gasteiger partial charge in [0.2, 0.25) is 5.91 Å². The van der Waals surface area contributed by atoms with Gasteiger partial charge in [0.05, 0.1) is 31.7 Å². The van der Waals surface area contributed by atoms with E-state index in [2.05, 4.69) is 5.32 Å². The third-order valence-corrected chi connectivity index (χ3v) is 3.86. The summed E-state index contributed by atoms with van der Waals surface area (Å²) in [5.74, 6) is 0.379. The Bertz CT molecular complexity index is 407. The van der Waals surface area contributed by atoms with E-state index in [-0.39, 0.29) is 12.0 Å². The minimum absolute atomic E-state index is 0.00544. The minimum Gasteiger partial charge on any atom is -0.376 e. The van der Waals surface area contributed by atoms with E-state index in [1.807, 2.05) is 24.3 Å². The molecule has 2 rings (SSSR count). The van der Waals surface area contributed by atoms with Gasteiger partial charge in [0, 0.05) is 16.5 Å². The lowest BCUT2D eigenvalue weighted by Crippen LogP contribution is -2.40. The van der Waals surface area contributed by atoms with E-state index in [9.17, 15) is 4.79 Å². The first-order valence-corrected chi connectivity index (χ1v) is 7.45. The zero-order valence-electron chi connectivity index (χ0n) is 10.4. The second-order valence-corrected chi connectivity index (χ2v) is 5.60. The molecule has 1 unspecified atom stereocenters. The number of ether oxygens (including phenoxy) is 2. The zero-order chi connectivity index (χ0) is 13.5. The Kier molecular flexibility index (Phi) is 5.97. The average molecular weight is 302 g/mol. The highest BCUT2D eigenvalue weighted by Gasteiger charge is 2.15. The molecule has 1 N–H and O–H groups in total. The lowest BCUT2D eigenvalue weighted by atomic mass is 10.3. The van der Waals surface area contributed by atoms with Crippen LogP contribution in [0.5, 0.6) is 0 Å². The maximum absolute atomic E-state index is 11.7. The largest absolute Gasteiger partial charge is 0.376 e. The summed E-state index contributed by atoms with van der Waals surface area (Å²) in [6, 6.07) is 7.43. The van der Waals surface area contributed by atoms with Crippen molar-refractivity contribution in [1.29, 1.82) is 0 Å². The van der Waals surface area contributed by atoms with Crippen LogP contribution in [0.4, 0.5) is 0 Å². The van der Waals surface area contributed by atoms with E-state index in [4.69, 9.17) is 21.1 Å². The summed E-state index contributed by atoms with van der Waals surface area (Å²) < 4.78 is 10.7. The summed E-state index contributed by atoms with van der Waals surface area (Å²) in [4.78, 5) is 12.7. The molecule has 1 aliphatic rings. The molecule has 1 heterocycles. The number of carbonyl (C=O) groups is 1. The van der Waals surface area contributed by atoms with Crippen LogP contribution >= 0.6 is 23.4 Å². The van der Waals surface area contributed by atoms with Crippen molar-refractivity contribution in [2.24, 2.45) is 0 Å². The second kappa shape index (κ2) is 7.75. The standard InChI is InChI=1S/C13H16ClNO3S/c14-10-1-3-12(4-2-10)19-9-13(16)15-7-11-8-17-5-6-18-11/h1-4,11H,5-9H2,(H,15,16). The zero-order valence-corrected chi connectivity index (χ0v) is 12.0. The fraction of sp³-hybridized carbons (Fsp3) is 0.462. The van der Waals surface area contributed by atoms with Crippen LogP contribution in [-0.4, -0.2) is 44.1 Å². The molecule has 4 nitrogen and oxygen atoms in total. The van der Waals surface area contributed by atoms with Crippen molar-refractivity contribution in [1.82, 2.24) is 5.32 Å². The Balaban J connectivity index is 1.65. The quantitative estimate of drug-likeness (QED) is 0.845. The van der Waals surface area contributed by atoms with Crippen LogP contribution in [0.2, 0.25) is 5.02 Å². The number of hydrogen-bond donors (Lipinski definition) is 1. The third-order valence-electron chi connectivity index (χ3n) is 2.60. The van der Waals surface area contributed by atoms with Gasteiger partial charge in [-0.1, -0.05) is 11.6 Å². The van der Waals surface area contributed by atoms with Crippen molar-refractivity contribution in [2.45, 2.75) is 11.0 Å². The van der Waals surface area contributed by atoms with Crippen LogP contribution < -0.4 is 5.32 Å². The first-order valence-electron chi connectivity index (χ1n) is 6.08. The van der Waals surface area contributed by atoms with Crippen molar-refractivity contribution in [2.75, 3.05) is 32.1 Å². The van der Waals surface area contributed by atoms with Crippen LogP contribution in [-0.2, 0) is 14.3 Å². The van der Waals surface area contributed by atoms with Crippen molar-refractivity contribution in [3.63, 3.8) is 0 Å². The van der Waals surface area contributed by atoms with Gasteiger partial charge in [-0.25, -0.2) is 0 Å². The van der Waals surface area contributed by atoms with E-state index in [1.54, 1.807) is 0 Å². The molecule has 0 radical (unpaired) electrons. The van der Waals surface area contributed by atoms with Crippen LogP contribution in [0.1, 0.15) is 0 Å². The van der Waals surface area contributed by atoms with E-state index in [0.717, 1.165) is 4.90 Å². The van der Waals surface area contributed by atoms with Gasteiger partial charge < -0.3 is 14.8 Å². The molecule has 0 spiro atoms. The van der Waals surface area contributed by atoms with Gasteiger partial charge in [-0.15, -0.1) is 11.8 Å². The molecule has 1 atom stereocenters. The minimum atomic E-state index is -0.0294. The van der Waals surface area contributed by atoms with Crippen molar-refractivity contribution in [3.05, 3.63) is 29.3 Å². The van der Waals surface area contributed by atoms with Crippen molar-refractivity contribution < 1.29 is 14.3 Å². The molecular weight excluding hydrogens is 286 g/mol. The Morgan fingerprint density at radius 3 is 2.84 bits per heavy atom. The Morgan fingerprint density at radius 1 is 1.37 bits per heavy atom. The van der Waals surface area contributed by atoms with E-state index in [1.165, 1.54) is 11.8 Å². The lowest BCUT2D eigenvalue weighted by Gasteiger charge is -2.23. The summed E-state index contributed by atoms with van der Waals surface area (Å²) in [7, 11) is 0. The number of nitrogens with one attached hydrogen (secondary N) is 1. The summed E-state index contributed by atoms with van der Waals surface area (Å²) in [5, 5.41) is 3.54. The number of benzene rings is 1. The number of amides is 1. The maximum Gasteiger partial charge on any atom is 0.230 e. The number of carbonyl (C=O) groups excluding carboxylic acids is 1. The number of halogens is 1. The third kappa shape index (κ3) is 5.40. The molecule has 1 saturated heterocycles. The molecule has 0 bridgehead atoms. The molecule has 0 aromatic heterocycles. The van der Waals surface area contributed by atoms with E-state index < -0.39 is 0 Å². The molecule has 0 saturated carbocycles. The molecule has 6 heteroatoms. The highest BCUT2D eigenvalue weighted by Crippen LogP contribution is 2.19. The summed E-state index contributed by atoms with van der Waals surface area (Å²) in [5.41, 5.74) is 0. The van der Waals surface area contributed by atoms with Crippen molar-refractivity contribution in [3.8, 4) is 0 Å². The van der Waals surface area contributed by atoms with Crippen LogP contribution in [0.3, 0.4) is 0 Å². The SMILES string of the molecule is O=C(CSc1ccc(Cl)cc1)NCC1COCCO1. The molecule has 1 amide bonds. The fourth-order valence-corrected chi connectivity index (χ4v) is 2.47. The van der Waals surface area contributed by atoms with Gasteiger partial charge in [-0.05, 0) is 24.3 Å². The fourth-order valence-electron chi connectivity index (χ4n) is 1.61. The van der Waals surface area contributed by atoms with Gasteiger partial charge in [-0.2, -0.15) is 0 Å².